The Balaban J connectivity index is 1.49. The molecule has 4 aliphatic rings. The van der Waals surface area contributed by atoms with E-state index in [1.54, 1.807) is 7.05 Å². The van der Waals surface area contributed by atoms with Gasteiger partial charge in [-0.15, -0.1) is 0 Å². The molecule has 4 aliphatic carbocycles. The second-order valence-electron chi connectivity index (χ2n) is 10.7. The van der Waals surface area contributed by atoms with E-state index in [9.17, 15) is 9.59 Å². The second kappa shape index (κ2) is 7.19. The van der Waals surface area contributed by atoms with Gasteiger partial charge < -0.3 is 5.32 Å². The first kappa shape index (κ1) is 19.5. The number of carbonyl (C=O) groups excluding carboxylic acids is 2. The number of ketones is 1. The van der Waals surface area contributed by atoms with Gasteiger partial charge in [0.2, 0.25) is 5.91 Å². The number of Topliss-reactive ketones (excluding diaryl/α,β-unsaturated/α-hetero) is 1. The average molecular weight is 374 g/mol. The molecule has 0 aromatic carbocycles. The molecule has 7 atom stereocenters. The molecule has 27 heavy (non-hydrogen) atoms. The number of hydrogen-bond acceptors (Lipinski definition) is 2. The minimum absolute atomic E-state index is 0.174. The fourth-order valence-corrected chi connectivity index (χ4v) is 8.31. The predicted molar refractivity (Wildman–Crippen MR) is 108 cm³/mol. The monoisotopic (exact) mass is 373 g/mol. The van der Waals surface area contributed by atoms with Crippen molar-refractivity contribution < 1.29 is 9.59 Å². The molecule has 0 spiro atoms. The zero-order valence-electron chi connectivity index (χ0n) is 17.7. The van der Waals surface area contributed by atoms with Crippen molar-refractivity contribution >= 4 is 11.7 Å². The molecule has 0 radical (unpaired) electrons. The molecule has 3 heteroatoms. The maximum absolute atomic E-state index is 13.1. The van der Waals surface area contributed by atoms with Crippen LogP contribution in [-0.2, 0) is 9.59 Å². The molecule has 0 aromatic rings. The van der Waals surface area contributed by atoms with Gasteiger partial charge >= 0.3 is 0 Å². The Morgan fingerprint density at radius 1 is 1.04 bits per heavy atom. The lowest BCUT2D eigenvalue weighted by Crippen LogP contribution is -2.55. The van der Waals surface area contributed by atoms with Crippen LogP contribution >= 0.6 is 0 Å². The summed E-state index contributed by atoms with van der Waals surface area (Å²) in [6.45, 7) is 5.01. The van der Waals surface area contributed by atoms with Crippen LogP contribution in [0, 0.1) is 40.4 Å². The molecule has 1 amide bonds. The minimum Gasteiger partial charge on any atom is -0.359 e. The van der Waals surface area contributed by atoms with Crippen molar-refractivity contribution in [3.63, 3.8) is 0 Å². The standard InChI is InChI=1S/C24H39NO2/c1-23-14-12-19-17(15-21(26)20-8-4-5-13-24(19,20)2)18(23)11-10-16(23)7-6-9-22(27)25-3/h16-20H,4-15H2,1-3H3,(H,25,27). The third-order valence-electron chi connectivity index (χ3n) is 9.80. The highest BCUT2D eigenvalue weighted by molar-refractivity contribution is 5.83. The zero-order chi connectivity index (χ0) is 19.2. The maximum Gasteiger partial charge on any atom is 0.219 e. The summed E-state index contributed by atoms with van der Waals surface area (Å²) in [5.41, 5.74) is 0.693. The summed E-state index contributed by atoms with van der Waals surface area (Å²) in [6, 6.07) is 0. The SMILES string of the molecule is CNC(=O)CCCC1CCC2C3CC(=O)C4CCCCC4(C)C3CCC12C. The zero-order valence-corrected chi connectivity index (χ0v) is 17.7. The van der Waals surface area contributed by atoms with Crippen molar-refractivity contribution in [1.82, 2.24) is 5.32 Å². The van der Waals surface area contributed by atoms with Gasteiger partial charge in [-0.3, -0.25) is 9.59 Å². The van der Waals surface area contributed by atoms with E-state index in [0.717, 1.165) is 37.0 Å². The Hall–Kier alpha value is -0.860. The summed E-state index contributed by atoms with van der Waals surface area (Å²) in [4.78, 5) is 24.7. The highest BCUT2D eigenvalue weighted by Gasteiger charge is 2.61. The quantitative estimate of drug-likeness (QED) is 0.742. The van der Waals surface area contributed by atoms with Crippen molar-refractivity contribution in [2.45, 2.75) is 90.9 Å². The number of rotatable bonds is 4. The van der Waals surface area contributed by atoms with Crippen molar-refractivity contribution in [1.29, 1.82) is 0 Å². The predicted octanol–water partition coefficient (Wildman–Crippen LogP) is 5.13. The molecule has 0 heterocycles. The highest BCUT2D eigenvalue weighted by Crippen LogP contribution is 2.67. The van der Waals surface area contributed by atoms with Crippen LogP contribution in [0.25, 0.3) is 0 Å². The molecule has 0 bridgehead atoms. The van der Waals surface area contributed by atoms with Crippen LogP contribution < -0.4 is 5.32 Å². The topological polar surface area (TPSA) is 46.2 Å². The number of fused-ring (bicyclic) bond motifs is 5. The lowest BCUT2D eigenvalue weighted by molar-refractivity contribution is -0.153. The van der Waals surface area contributed by atoms with Gasteiger partial charge in [0.1, 0.15) is 5.78 Å². The molecule has 0 aliphatic heterocycles. The molecule has 3 nitrogen and oxygen atoms in total. The van der Waals surface area contributed by atoms with Crippen molar-refractivity contribution in [2.75, 3.05) is 7.05 Å². The van der Waals surface area contributed by atoms with Gasteiger partial charge in [0.05, 0.1) is 0 Å². The van der Waals surface area contributed by atoms with E-state index in [0.29, 0.717) is 29.5 Å². The Morgan fingerprint density at radius 2 is 1.81 bits per heavy atom. The molecule has 0 saturated heterocycles. The van der Waals surface area contributed by atoms with Crippen LogP contribution in [0.1, 0.15) is 90.9 Å². The maximum atomic E-state index is 13.1. The first-order valence-electron chi connectivity index (χ1n) is 11.6. The van der Waals surface area contributed by atoms with E-state index >= 15 is 0 Å². The summed E-state index contributed by atoms with van der Waals surface area (Å²) in [7, 11) is 1.73. The van der Waals surface area contributed by atoms with E-state index in [1.165, 1.54) is 51.4 Å². The minimum atomic E-state index is 0.174. The highest BCUT2D eigenvalue weighted by atomic mass is 16.1. The smallest absolute Gasteiger partial charge is 0.219 e. The van der Waals surface area contributed by atoms with Gasteiger partial charge in [0.25, 0.3) is 0 Å². The van der Waals surface area contributed by atoms with Crippen LogP contribution in [0.4, 0.5) is 0 Å². The summed E-state index contributed by atoms with van der Waals surface area (Å²) < 4.78 is 0. The van der Waals surface area contributed by atoms with E-state index < -0.39 is 0 Å². The normalized spacial score (nSPS) is 46.3. The first-order valence-corrected chi connectivity index (χ1v) is 11.6. The van der Waals surface area contributed by atoms with Gasteiger partial charge in [-0.05, 0) is 85.9 Å². The first-order chi connectivity index (χ1) is 12.9. The average Bonchev–Trinajstić information content (AvgIpc) is 2.98. The fraction of sp³-hybridized carbons (Fsp3) is 0.917. The van der Waals surface area contributed by atoms with Gasteiger partial charge in [-0.25, -0.2) is 0 Å². The van der Waals surface area contributed by atoms with E-state index in [-0.39, 0.29) is 11.3 Å². The van der Waals surface area contributed by atoms with Gasteiger partial charge in [-0.1, -0.05) is 26.7 Å². The van der Waals surface area contributed by atoms with Crippen LogP contribution in [0.5, 0.6) is 0 Å². The molecule has 4 saturated carbocycles. The number of hydrogen-bond donors (Lipinski definition) is 1. The van der Waals surface area contributed by atoms with E-state index in [4.69, 9.17) is 0 Å². The van der Waals surface area contributed by atoms with Crippen LogP contribution in [0.15, 0.2) is 0 Å². The van der Waals surface area contributed by atoms with Crippen LogP contribution in [0.3, 0.4) is 0 Å². The number of amides is 1. The molecule has 1 N–H and O–H groups in total. The summed E-state index contributed by atoms with van der Waals surface area (Å²) >= 11 is 0. The van der Waals surface area contributed by atoms with E-state index in [2.05, 4.69) is 19.2 Å². The largest absolute Gasteiger partial charge is 0.359 e. The Kier molecular flexibility index (Phi) is 5.18. The van der Waals surface area contributed by atoms with Crippen LogP contribution in [0.2, 0.25) is 0 Å². The fourth-order valence-electron chi connectivity index (χ4n) is 8.31. The lowest BCUT2D eigenvalue weighted by atomic mass is 9.44. The van der Waals surface area contributed by atoms with Crippen molar-refractivity contribution in [3.8, 4) is 0 Å². The van der Waals surface area contributed by atoms with Crippen molar-refractivity contribution in [2.24, 2.45) is 40.4 Å². The Morgan fingerprint density at radius 3 is 2.59 bits per heavy atom. The number of carbonyl (C=O) groups is 2. The lowest BCUT2D eigenvalue weighted by Gasteiger charge is -2.59. The molecule has 7 unspecified atom stereocenters. The van der Waals surface area contributed by atoms with Crippen molar-refractivity contribution in [3.05, 3.63) is 0 Å². The van der Waals surface area contributed by atoms with Gasteiger partial charge in [-0.2, -0.15) is 0 Å². The van der Waals surface area contributed by atoms with Gasteiger partial charge in [0, 0.05) is 25.8 Å². The summed E-state index contributed by atoms with van der Waals surface area (Å²) in [5, 5.41) is 2.75. The molecular weight excluding hydrogens is 334 g/mol. The van der Waals surface area contributed by atoms with Gasteiger partial charge in [0.15, 0.2) is 0 Å². The van der Waals surface area contributed by atoms with Crippen LogP contribution in [-0.4, -0.2) is 18.7 Å². The Bertz CT molecular complexity index is 601. The molecule has 0 aromatic heterocycles. The van der Waals surface area contributed by atoms with E-state index in [1.807, 2.05) is 0 Å². The second-order valence-corrected chi connectivity index (χ2v) is 10.7. The summed E-state index contributed by atoms with van der Waals surface area (Å²) in [6.07, 6.45) is 14.1. The molecule has 152 valence electrons. The molecule has 4 fully saturated rings. The Labute approximate surface area is 165 Å². The molecule has 4 rings (SSSR count). The molecular formula is C24H39NO2. The summed E-state index contributed by atoms with van der Waals surface area (Å²) in [5.74, 6) is 4.05. The third-order valence-corrected chi connectivity index (χ3v) is 9.80. The third kappa shape index (κ3) is 3.08. The number of nitrogens with one attached hydrogen (secondary N) is 1.